The molecule has 1 aromatic carbocycles. The van der Waals surface area contributed by atoms with Gasteiger partial charge in [0.05, 0.1) is 6.10 Å². The van der Waals surface area contributed by atoms with Crippen LogP contribution in [-0.4, -0.2) is 29.6 Å². The van der Waals surface area contributed by atoms with Crippen molar-refractivity contribution in [1.82, 2.24) is 0 Å². The van der Waals surface area contributed by atoms with Crippen LogP contribution in [0.5, 0.6) is 0 Å². The monoisotopic (exact) mass is 249 g/mol. The average Bonchev–Trinajstić information content (AvgIpc) is 2.61. The Balaban J connectivity index is 1.95. The van der Waals surface area contributed by atoms with Crippen molar-refractivity contribution in [3.8, 4) is 0 Å². The van der Waals surface area contributed by atoms with Gasteiger partial charge < -0.3 is 10.0 Å². The second-order valence-corrected chi connectivity index (χ2v) is 5.28. The fourth-order valence-corrected chi connectivity index (χ4v) is 3.38. The lowest BCUT2D eigenvalue weighted by molar-refractivity contribution is 0.112. The van der Waals surface area contributed by atoms with Crippen molar-refractivity contribution in [3.63, 3.8) is 0 Å². The van der Waals surface area contributed by atoms with Gasteiger partial charge in [-0.3, -0.25) is 4.79 Å². The zero-order valence-corrected chi connectivity index (χ0v) is 10.1. The highest BCUT2D eigenvalue weighted by Gasteiger charge is 2.40. The highest BCUT2D eigenvalue weighted by atomic mass is 19.1. The highest BCUT2D eigenvalue weighted by molar-refractivity contribution is 5.77. The molecule has 2 aliphatic rings. The summed E-state index contributed by atoms with van der Waals surface area (Å²) in [6.07, 6.45) is 3.99. The molecule has 3 rings (SSSR count). The summed E-state index contributed by atoms with van der Waals surface area (Å²) in [7, 11) is 0. The minimum absolute atomic E-state index is 0.238. The predicted molar refractivity (Wildman–Crippen MR) is 66.3 cm³/mol. The minimum Gasteiger partial charge on any atom is -0.393 e. The van der Waals surface area contributed by atoms with Gasteiger partial charge in [0.2, 0.25) is 0 Å². The molecule has 2 unspecified atom stereocenters. The summed E-state index contributed by atoms with van der Waals surface area (Å²) < 4.78 is 13.5. The Hall–Kier alpha value is -1.42. The van der Waals surface area contributed by atoms with Crippen molar-refractivity contribution < 1.29 is 14.3 Å². The van der Waals surface area contributed by atoms with Crippen molar-refractivity contribution >= 4 is 12.0 Å². The summed E-state index contributed by atoms with van der Waals surface area (Å²) in [4.78, 5) is 13.0. The lowest BCUT2D eigenvalue weighted by atomic mass is 9.98. The lowest BCUT2D eigenvalue weighted by Crippen LogP contribution is -2.44. The van der Waals surface area contributed by atoms with E-state index in [1.807, 2.05) is 0 Å². The average molecular weight is 249 g/mol. The van der Waals surface area contributed by atoms with Crippen LogP contribution in [0.25, 0.3) is 0 Å². The molecule has 2 atom stereocenters. The Morgan fingerprint density at radius 1 is 1.22 bits per heavy atom. The second kappa shape index (κ2) is 4.35. The Bertz CT molecular complexity index is 463. The van der Waals surface area contributed by atoms with E-state index >= 15 is 0 Å². The number of benzene rings is 1. The van der Waals surface area contributed by atoms with Gasteiger partial charge in [-0.1, -0.05) is 0 Å². The fraction of sp³-hybridized carbons (Fsp3) is 0.500. The van der Waals surface area contributed by atoms with Gasteiger partial charge in [0.15, 0.2) is 0 Å². The van der Waals surface area contributed by atoms with E-state index in [1.165, 1.54) is 12.1 Å². The molecule has 96 valence electrons. The third-order valence-electron chi connectivity index (χ3n) is 4.05. The van der Waals surface area contributed by atoms with Crippen LogP contribution < -0.4 is 4.90 Å². The van der Waals surface area contributed by atoms with E-state index in [2.05, 4.69) is 4.90 Å². The molecule has 0 aromatic heterocycles. The highest BCUT2D eigenvalue weighted by Crippen LogP contribution is 2.39. The first-order chi connectivity index (χ1) is 8.67. The summed E-state index contributed by atoms with van der Waals surface area (Å²) in [5.74, 6) is -0.375. The molecule has 2 heterocycles. The number of aliphatic hydroxyl groups is 1. The molecular formula is C14H16FNO2. The van der Waals surface area contributed by atoms with E-state index in [9.17, 15) is 14.3 Å². The number of hydrogen-bond donors (Lipinski definition) is 1. The maximum absolute atomic E-state index is 13.5. The summed E-state index contributed by atoms with van der Waals surface area (Å²) >= 11 is 0. The number of halogens is 1. The van der Waals surface area contributed by atoms with Crippen LogP contribution in [0.4, 0.5) is 10.1 Å². The number of anilines is 1. The molecule has 2 bridgehead atoms. The number of carbonyl (C=O) groups excluding carboxylic acids is 1. The Morgan fingerprint density at radius 3 is 2.50 bits per heavy atom. The van der Waals surface area contributed by atoms with Crippen LogP contribution in [0.2, 0.25) is 0 Å². The number of piperidine rings is 1. The Labute approximate surface area is 105 Å². The molecule has 2 saturated heterocycles. The molecule has 18 heavy (non-hydrogen) atoms. The van der Waals surface area contributed by atoms with Gasteiger partial charge in [0, 0.05) is 23.3 Å². The van der Waals surface area contributed by atoms with Crippen LogP contribution in [0.15, 0.2) is 18.2 Å². The Morgan fingerprint density at radius 2 is 1.89 bits per heavy atom. The van der Waals surface area contributed by atoms with E-state index in [1.54, 1.807) is 6.07 Å². The van der Waals surface area contributed by atoms with E-state index in [0.29, 0.717) is 11.8 Å². The molecule has 1 N–H and O–H groups in total. The van der Waals surface area contributed by atoms with Gasteiger partial charge in [0.1, 0.15) is 12.1 Å². The van der Waals surface area contributed by atoms with Crippen LogP contribution in [0, 0.1) is 5.82 Å². The van der Waals surface area contributed by atoms with Crippen molar-refractivity contribution in [2.24, 2.45) is 0 Å². The quantitative estimate of drug-likeness (QED) is 0.816. The van der Waals surface area contributed by atoms with E-state index in [0.717, 1.165) is 31.4 Å². The van der Waals surface area contributed by atoms with Gasteiger partial charge in [-0.2, -0.15) is 0 Å². The van der Waals surface area contributed by atoms with E-state index in [4.69, 9.17) is 0 Å². The summed E-state index contributed by atoms with van der Waals surface area (Å²) in [5.41, 5.74) is 1.15. The molecule has 0 saturated carbocycles. The number of aldehydes is 1. The van der Waals surface area contributed by atoms with Crippen LogP contribution >= 0.6 is 0 Å². The maximum Gasteiger partial charge on any atom is 0.150 e. The number of nitrogens with zero attached hydrogens (tertiary/aromatic N) is 1. The number of aliphatic hydroxyl groups excluding tert-OH is 1. The van der Waals surface area contributed by atoms with E-state index < -0.39 is 0 Å². The molecule has 0 radical (unpaired) electrons. The molecule has 0 amide bonds. The number of fused-ring (bicyclic) bond motifs is 2. The van der Waals surface area contributed by atoms with Gasteiger partial charge >= 0.3 is 0 Å². The number of carbonyl (C=O) groups is 1. The third kappa shape index (κ3) is 1.90. The first-order valence-electron chi connectivity index (χ1n) is 6.39. The molecule has 1 aromatic rings. The van der Waals surface area contributed by atoms with Gasteiger partial charge in [-0.15, -0.1) is 0 Å². The van der Waals surface area contributed by atoms with Crippen molar-refractivity contribution in [1.29, 1.82) is 0 Å². The molecule has 4 heteroatoms. The normalized spacial score (nSPS) is 30.6. The number of rotatable bonds is 2. The zero-order chi connectivity index (χ0) is 12.7. The molecule has 0 aliphatic carbocycles. The largest absolute Gasteiger partial charge is 0.393 e. The first-order valence-corrected chi connectivity index (χ1v) is 6.39. The standard InChI is InChI=1S/C14H16FNO2/c15-10-3-9(8-17)4-13(5-10)16-11-1-2-12(16)7-14(18)6-11/h3-5,8,11-12,14,18H,1-2,6-7H2. The van der Waals surface area contributed by atoms with Crippen LogP contribution in [0.3, 0.4) is 0 Å². The van der Waals surface area contributed by atoms with Crippen LogP contribution in [-0.2, 0) is 0 Å². The van der Waals surface area contributed by atoms with Crippen molar-refractivity contribution in [3.05, 3.63) is 29.6 Å². The van der Waals surface area contributed by atoms with Crippen molar-refractivity contribution in [2.45, 2.75) is 43.9 Å². The SMILES string of the molecule is O=Cc1cc(F)cc(N2C3CCC2CC(O)C3)c1. The predicted octanol–water partition coefficient (Wildman–Crippen LogP) is 2.13. The zero-order valence-electron chi connectivity index (χ0n) is 10.1. The Kier molecular flexibility index (Phi) is 2.82. The lowest BCUT2D eigenvalue weighted by Gasteiger charge is -2.39. The summed E-state index contributed by atoms with van der Waals surface area (Å²) in [6, 6.07) is 5.02. The summed E-state index contributed by atoms with van der Waals surface area (Å²) in [6.45, 7) is 0. The van der Waals surface area contributed by atoms with Gasteiger partial charge in [0.25, 0.3) is 0 Å². The van der Waals surface area contributed by atoms with Crippen molar-refractivity contribution in [2.75, 3.05) is 4.90 Å². The molecular weight excluding hydrogens is 233 g/mol. The third-order valence-corrected chi connectivity index (χ3v) is 4.05. The number of hydrogen-bond acceptors (Lipinski definition) is 3. The molecule has 0 spiro atoms. The molecule has 3 nitrogen and oxygen atoms in total. The second-order valence-electron chi connectivity index (χ2n) is 5.28. The van der Waals surface area contributed by atoms with Crippen LogP contribution in [0.1, 0.15) is 36.0 Å². The smallest absolute Gasteiger partial charge is 0.150 e. The molecule has 2 aliphatic heterocycles. The summed E-state index contributed by atoms with van der Waals surface area (Å²) in [5, 5.41) is 9.75. The molecule has 2 fully saturated rings. The first kappa shape index (κ1) is 11.7. The van der Waals surface area contributed by atoms with Gasteiger partial charge in [-0.05, 0) is 43.9 Å². The topological polar surface area (TPSA) is 40.5 Å². The van der Waals surface area contributed by atoms with Gasteiger partial charge in [-0.25, -0.2) is 4.39 Å². The van der Waals surface area contributed by atoms with E-state index in [-0.39, 0.29) is 24.0 Å². The maximum atomic E-state index is 13.5. The fourth-order valence-electron chi connectivity index (χ4n) is 3.38. The minimum atomic E-state index is -0.375.